The minimum absolute atomic E-state index is 0.00273. The van der Waals surface area contributed by atoms with Crippen LogP contribution in [-0.4, -0.2) is 6.61 Å². The van der Waals surface area contributed by atoms with Gasteiger partial charge in [0.15, 0.2) is 0 Å². The first-order valence-corrected chi connectivity index (χ1v) is 8.12. The van der Waals surface area contributed by atoms with Crippen molar-refractivity contribution < 1.29 is 4.74 Å². The molecule has 0 spiro atoms. The van der Waals surface area contributed by atoms with Crippen molar-refractivity contribution in [3.8, 4) is 5.75 Å². The molecule has 0 aromatic heterocycles. The predicted molar refractivity (Wildman–Crippen MR) is 85.6 cm³/mol. The van der Waals surface area contributed by atoms with Crippen molar-refractivity contribution in [2.24, 2.45) is 5.73 Å². The van der Waals surface area contributed by atoms with E-state index >= 15 is 0 Å². The number of halogens is 1. The van der Waals surface area contributed by atoms with Gasteiger partial charge in [-0.2, -0.15) is 0 Å². The molecule has 0 saturated carbocycles. The molecule has 0 aliphatic heterocycles. The maximum absolute atomic E-state index is 5.97. The Morgan fingerprint density at radius 3 is 2.53 bits per heavy atom. The van der Waals surface area contributed by atoms with E-state index in [9.17, 15) is 0 Å². The maximum Gasteiger partial charge on any atom is 0.124 e. The molecule has 3 heteroatoms. The Morgan fingerprint density at radius 1 is 1.16 bits per heavy atom. The number of hydrogen-bond donors (Lipinski definition) is 1. The zero-order chi connectivity index (χ0) is 14.1. The van der Waals surface area contributed by atoms with Crippen LogP contribution in [0.1, 0.15) is 64.0 Å². The molecule has 2 nitrogen and oxygen atoms in total. The standard InChI is InChI=1S/C16H26BrNO/c1-3-4-5-6-7-8-11-19-16-10-9-14(17)12-15(16)13(2)18/h9-10,12-13H,3-8,11,18H2,1-2H3/t13-/m1/s1. The highest BCUT2D eigenvalue weighted by Crippen LogP contribution is 2.27. The number of ether oxygens (including phenoxy) is 1. The summed E-state index contributed by atoms with van der Waals surface area (Å²) in [5.41, 5.74) is 7.04. The van der Waals surface area contributed by atoms with Crippen molar-refractivity contribution in [1.29, 1.82) is 0 Å². The number of hydrogen-bond acceptors (Lipinski definition) is 2. The van der Waals surface area contributed by atoms with Crippen LogP contribution in [0.3, 0.4) is 0 Å². The van der Waals surface area contributed by atoms with Crippen molar-refractivity contribution in [3.05, 3.63) is 28.2 Å². The second-order valence-corrected chi connectivity index (χ2v) is 6.00. The van der Waals surface area contributed by atoms with E-state index in [0.717, 1.165) is 28.8 Å². The van der Waals surface area contributed by atoms with Crippen LogP contribution in [0.4, 0.5) is 0 Å². The van der Waals surface area contributed by atoms with Gasteiger partial charge >= 0.3 is 0 Å². The summed E-state index contributed by atoms with van der Waals surface area (Å²) in [5, 5.41) is 0. The number of benzene rings is 1. The van der Waals surface area contributed by atoms with E-state index in [2.05, 4.69) is 22.9 Å². The molecule has 0 fully saturated rings. The fourth-order valence-electron chi connectivity index (χ4n) is 2.07. The monoisotopic (exact) mass is 327 g/mol. The van der Waals surface area contributed by atoms with Gasteiger partial charge in [0.05, 0.1) is 6.61 Å². The fourth-order valence-corrected chi connectivity index (χ4v) is 2.45. The van der Waals surface area contributed by atoms with Gasteiger partial charge in [0.25, 0.3) is 0 Å². The lowest BCUT2D eigenvalue weighted by molar-refractivity contribution is 0.300. The van der Waals surface area contributed by atoms with Crippen LogP contribution in [0, 0.1) is 0 Å². The van der Waals surface area contributed by atoms with Gasteiger partial charge in [-0.1, -0.05) is 55.0 Å². The zero-order valence-electron chi connectivity index (χ0n) is 12.1. The van der Waals surface area contributed by atoms with E-state index in [0.29, 0.717) is 0 Å². The van der Waals surface area contributed by atoms with E-state index in [4.69, 9.17) is 10.5 Å². The second kappa shape index (κ2) is 9.38. The molecule has 0 heterocycles. The minimum Gasteiger partial charge on any atom is -0.493 e. The lowest BCUT2D eigenvalue weighted by Gasteiger charge is -2.14. The molecule has 19 heavy (non-hydrogen) atoms. The molecule has 1 rings (SSSR count). The van der Waals surface area contributed by atoms with E-state index in [-0.39, 0.29) is 6.04 Å². The Balaban J connectivity index is 2.33. The number of rotatable bonds is 9. The van der Waals surface area contributed by atoms with Crippen molar-refractivity contribution >= 4 is 15.9 Å². The molecular weight excluding hydrogens is 302 g/mol. The first-order valence-electron chi connectivity index (χ1n) is 7.33. The van der Waals surface area contributed by atoms with Gasteiger partial charge in [-0.3, -0.25) is 0 Å². The Morgan fingerprint density at radius 2 is 1.84 bits per heavy atom. The number of unbranched alkanes of at least 4 members (excludes halogenated alkanes) is 5. The van der Waals surface area contributed by atoms with Crippen LogP contribution in [0.2, 0.25) is 0 Å². The van der Waals surface area contributed by atoms with Crippen LogP contribution < -0.4 is 10.5 Å². The molecule has 0 saturated heterocycles. The summed E-state index contributed by atoms with van der Waals surface area (Å²) in [6.45, 7) is 5.01. The third kappa shape index (κ3) is 6.44. The van der Waals surface area contributed by atoms with Crippen LogP contribution in [0.15, 0.2) is 22.7 Å². The SMILES string of the molecule is CCCCCCCCOc1ccc(Br)cc1[C@@H](C)N. The molecule has 0 radical (unpaired) electrons. The average molecular weight is 328 g/mol. The number of nitrogens with two attached hydrogens (primary N) is 1. The highest BCUT2D eigenvalue weighted by atomic mass is 79.9. The summed E-state index contributed by atoms with van der Waals surface area (Å²) >= 11 is 3.47. The van der Waals surface area contributed by atoms with Crippen LogP contribution in [0.5, 0.6) is 5.75 Å². The normalized spacial score (nSPS) is 12.4. The third-order valence-electron chi connectivity index (χ3n) is 3.22. The van der Waals surface area contributed by atoms with Gasteiger partial charge in [-0.05, 0) is 31.5 Å². The molecular formula is C16H26BrNO. The molecule has 0 aliphatic carbocycles. The zero-order valence-corrected chi connectivity index (χ0v) is 13.7. The molecule has 1 aromatic rings. The average Bonchev–Trinajstić information content (AvgIpc) is 2.39. The quantitative estimate of drug-likeness (QED) is 0.632. The summed E-state index contributed by atoms with van der Waals surface area (Å²) in [6.07, 6.45) is 7.69. The van der Waals surface area contributed by atoms with Crippen LogP contribution >= 0.6 is 15.9 Å². The Bertz CT molecular complexity index is 366. The highest BCUT2D eigenvalue weighted by Gasteiger charge is 2.08. The van der Waals surface area contributed by atoms with E-state index < -0.39 is 0 Å². The maximum atomic E-state index is 5.97. The first kappa shape index (κ1) is 16.5. The Hall–Kier alpha value is -0.540. The molecule has 1 atom stereocenters. The summed E-state index contributed by atoms with van der Waals surface area (Å²) in [6, 6.07) is 6.04. The smallest absolute Gasteiger partial charge is 0.124 e. The second-order valence-electron chi connectivity index (χ2n) is 5.09. The van der Waals surface area contributed by atoms with Gasteiger partial charge < -0.3 is 10.5 Å². The van der Waals surface area contributed by atoms with Crippen LogP contribution in [0.25, 0.3) is 0 Å². The van der Waals surface area contributed by atoms with Gasteiger partial charge in [0, 0.05) is 16.1 Å². The van der Waals surface area contributed by atoms with Gasteiger partial charge in [-0.15, -0.1) is 0 Å². The summed E-state index contributed by atoms with van der Waals surface area (Å²) in [4.78, 5) is 0. The largest absolute Gasteiger partial charge is 0.493 e. The minimum atomic E-state index is -0.00273. The molecule has 0 aliphatic rings. The first-order chi connectivity index (χ1) is 9.15. The van der Waals surface area contributed by atoms with Crippen molar-refractivity contribution in [3.63, 3.8) is 0 Å². The summed E-state index contributed by atoms with van der Waals surface area (Å²) in [7, 11) is 0. The Labute approximate surface area is 125 Å². The van der Waals surface area contributed by atoms with Crippen molar-refractivity contribution in [2.45, 2.75) is 58.4 Å². The lowest BCUT2D eigenvalue weighted by atomic mass is 10.1. The van der Waals surface area contributed by atoms with E-state index in [1.54, 1.807) is 0 Å². The van der Waals surface area contributed by atoms with Gasteiger partial charge in [0.2, 0.25) is 0 Å². The molecule has 0 bridgehead atoms. The Kier molecular flexibility index (Phi) is 8.15. The summed E-state index contributed by atoms with van der Waals surface area (Å²) < 4.78 is 6.91. The fraction of sp³-hybridized carbons (Fsp3) is 0.625. The van der Waals surface area contributed by atoms with Gasteiger partial charge in [0.1, 0.15) is 5.75 Å². The molecule has 108 valence electrons. The molecule has 1 aromatic carbocycles. The van der Waals surface area contributed by atoms with Gasteiger partial charge in [-0.25, -0.2) is 0 Å². The predicted octanol–water partition coefficient (Wildman–Crippen LogP) is 5.21. The van der Waals surface area contributed by atoms with E-state index in [1.807, 2.05) is 25.1 Å². The van der Waals surface area contributed by atoms with Crippen molar-refractivity contribution in [1.82, 2.24) is 0 Å². The molecule has 0 amide bonds. The molecule has 2 N–H and O–H groups in total. The van der Waals surface area contributed by atoms with Crippen molar-refractivity contribution in [2.75, 3.05) is 6.61 Å². The topological polar surface area (TPSA) is 35.2 Å². The summed E-state index contributed by atoms with van der Waals surface area (Å²) in [5.74, 6) is 0.923. The highest BCUT2D eigenvalue weighted by molar-refractivity contribution is 9.10. The van der Waals surface area contributed by atoms with E-state index in [1.165, 1.54) is 32.1 Å². The lowest BCUT2D eigenvalue weighted by Crippen LogP contribution is -2.08. The van der Waals surface area contributed by atoms with Crippen LogP contribution in [-0.2, 0) is 0 Å². The molecule has 0 unspecified atom stereocenters. The third-order valence-corrected chi connectivity index (χ3v) is 3.71.